The van der Waals surface area contributed by atoms with Crippen molar-refractivity contribution in [3.63, 3.8) is 0 Å². The van der Waals surface area contributed by atoms with Crippen LogP contribution in [0.5, 0.6) is 0 Å². The maximum atomic E-state index is 12.7. The number of nitrogens with zero attached hydrogens (tertiary/aromatic N) is 2. The van der Waals surface area contributed by atoms with Crippen molar-refractivity contribution in [2.45, 2.75) is 25.7 Å². The summed E-state index contributed by atoms with van der Waals surface area (Å²) in [4.78, 5) is 6.91. The van der Waals surface area contributed by atoms with Gasteiger partial charge in [-0.1, -0.05) is 12.1 Å². The molecule has 0 fully saturated rings. The van der Waals surface area contributed by atoms with Gasteiger partial charge in [0.15, 0.2) is 5.13 Å². The quantitative estimate of drug-likeness (QED) is 0.890. The first-order chi connectivity index (χ1) is 9.77. The van der Waals surface area contributed by atoms with E-state index < -0.39 is 11.7 Å². The van der Waals surface area contributed by atoms with Crippen LogP contribution in [-0.4, -0.2) is 16.9 Å². The van der Waals surface area contributed by atoms with E-state index in [0.29, 0.717) is 17.2 Å². The fourth-order valence-corrected chi connectivity index (χ4v) is 2.76. The minimum Gasteiger partial charge on any atom is -0.375 e. The molecule has 0 amide bonds. The molecule has 0 aliphatic carbocycles. The number of nitrogen functional groups attached to an aromatic ring is 1. The van der Waals surface area contributed by atoms with Gasteiger partial charge in [-0.25, -0.2) is 4.98 Å². The van der Waals surface area contributed by atoms with Crippen molar-refractivity contribution in [3.05, 3.63) is 46.5 Å². The standard InChI is InChI=1S/C14H16F3N3S.ClH/c1-9(20(2)8-12-7-19-13(18)21-12)10-4-3-5-11(6-10)14(15,16)17;/h3-7,9H,8H2,1-2H3,(H2,18,19);1H. The van der Waals surface area contributed by atoms with Crippen LogP contribution in [0.25, 0.3) is 0 Å². The van der Waals surface area contributed by atoms with Crippen molar-refractivity contribution >= 4 is 28.9 Å². The Hall–Kier alpha value is -1.31. The van der Waals surface area contributed by atoms with Crippen LogP contribution in [0, 0.1) is 0 Å². The molecule has 0 bridgehead atoms. The molecule has 0 aliphatic rings. The monoisotopic (exact) mass is 351 g/mol. The van der Waals surface area contributed by atoms with Crippen LogP contribution in [0.3, 0.4) is 0 Å². The highest BCUT2D eigenvalue weighted by Gasteiger charge is 2.30. The molecular weight excluding hydrogens is 335 g/mol. The third-order valence-corrected chi connectivity index (χ3v) is 4.15. The molecule has 1 unspecified atom stereocenters. The summed E-state index contributed by atoms with van der Waals surface area (Å²) in [5, 5.41) is 0.491. The highest BCUT2D eigenvalue weighted by Crippen LogP contribution is 2.32. The average Bonchev–Trinajstić information content (AvgIpc) is 2.82. The molecule has 1 atom stereocenters. The van der Waals surface area contributed by atoms with Gasteiger partial charge in [0.05, 0.1) is 5.56 Å². The molecule has 0 aliphatic heterocycles. The van der Waals surface area contributed by atoms with Crippen LogP contribution < -0.4 is 5.73 Å². The van der Waals surface area contributed by atoms with E-state index in [1.54, 1.807) is 12.3 Å². The Balaban J connectivity index is 0.00000242. The molecule has 1 heterocycles. The minimum atomic E-state index is -4.32. The molecular formula is C14H17ClF3N3S. The Labute approximate surface area is 137 Å². The number of hydrogen-bond acceptors (Lipinski definition) is 4. The molecule has 2 N–H and O–H groups in total. The number of hydrogen-bond donors (Lipinski definition) is 1. The third-order valence-electron chi connectivity index (χ3n) is 3.33. The minimum absolute atomic E-state index is 0. The highest BCUT2D eigenvalue weighted by molar-refractivity contribution is 7.15. The fraction of sp³-hybridized carbons (Fsp3) is 0.357. The second-order valence-corrected chi connectivity index (χ2v) is 6.03. The van der Waals surface area contributed by atoms with Crippen molar-refractivity contribution in [2.75, 3.05) is 12.8 Å². The first kappa shape index (κ1) is 18.7. The van der Waals surface area contributed by atoms with Gasteiger partial charge in [0.25, 0.3) is 0 Å². The normalized spacial score (nSPS) is 13.0. The fourth-order valence-electron chi connectivity index (χ4n) is 2.01. The number of anilines is 1. The topological polar surface area (TPSA) is 42.2 Å². The molecule has 22 heavy (non-hydrogen) atoms. The molecule has 2 rings (SSSR count). The maximum absolute atomic E-state index is 12.7. The van der Waals surface area contributed by atoms with Gasteiger partial charge in [-0.15, -0.1) is 23.7 Å². The van der Waals surface area contributed by atoms with E-state index in [0.717, 1.165) is 10.9 Å². The SMILES string of the molecule is CC(c1cccc(C(F)(F)F)c1)N(C)Cc1cnc(N)s1.Cl. The van der Waals surface area contributed by atoms with Crippen LogP contribution in [0.15, 0.2) is 30.5 Å². The van der Waals surface area contributed by atoms with Crippen LogP contribution in [0.1, 0.15) is 29.0 Å². The van der Waals surface area contributed by atoms with Crippen LogP contribution in [0.2, 0.25) is 0 Å². The number of nitrogens with two attached hydrogens (primary N) is 1. The molecule has 1 aromatic heterocycles. The van der Waals surface area contributed by atoms with Gasteiger partial charge >= 0.3 is 6.18 Å². The van der Waals surface area contributed by atoms with Gasteiger partial charge in [0, 0.05) is 23.7 Å². The zero-order valence-corrected chi connectivity index (χ0v) is 13.7. The second kappa shape index (κ2) is 7.30. The van der Waals surface area contributed by atoms with Crippen molar-refractivity contribution in [1.29, 1.82) is 0 Å². The number of rotatable bonds is 4. The van der Waals surface area contributed by atoms with Crippen LogP contribution in [0.4, 0.5) is 18.3 Å². The predicted octanol–water partition coefficient (Wildman–Crippen LogP) is 4.36. The van der Waals surface area contributed by atoms with Gasteiger partial charge in [-0.05, 0) is 31.7 Å². The van der Waals surface area contributed by atoms with Crippen LogP contribution >= 0.6 is 23.7 Å². The Morgan fingerprint density at radius 3 is 2.59 bits per heavy atom. The molecule has 0 spiro atoms. The highest BCUT2D eigenvalue weighted by atomic mass is 35.5. The molecule has 1 aromatic carbocycles. The van der Waals surface area contributed by atoms with Gasteiger partial charge in [-0.3, -0.25) is 4.90 Å². The van der Waals surface area contributed by atoms with Crippen molar-refractivity contribution in [1.82, 2.24) is 9.88 Å². The largest absolute Gasteiger partial charge is 0.416 e. The van der Waals surface area contributed by atoms with Gasteiger partial charge in [0.2, 0.25) is 0 Å². The lowest BCUT2D eigenvalue weighted by atomic mass is 10.0. The third kappa shape index (κ3) is 4.59. The van der Waals surface area contributed by atoms with Gasteiger partial charge < -0.3 is 5.73 Å². The van der Waals surface area contributed by atoms with Crippen LogP contribution in [-0.2, 0) is 12.7 Å². The Morgan fingerprint density at radius 2 is 2.05 bits per heavy atom. The lowest BCUT2D eigenvalue weighted by Gasteiger charge is -2.25. The Kier molecular flexibility index (Phi) is 6.22. The average molecular weight is 352 g/mol. The van der Waals surface area contributed by atoms with E-state index in [1.165, 1.54) is 23.5 Å². The summed E-state index contributed by atoms with van der Waals surface area (Å²) in [5.74, 6) is 0. The molecule has 8 heteroatoms. The maximum Gasteiger partial charge on any atom is 0.416 e. The number of benzene rings is 1. The number of thiazole rings is 1. The van der Waals surface area contributed by atoms with Crippen molar-refractivity contribution in [2.24, 2.45) is 0 Å². The van der Waals surface area contributed by atoms with E-state index in [-0.39, 0.29) is 18.4 Å². The van der Waals surface area contributed by atoms with Gasteiger partial charge in [-0.2, -0.15) is 13.2 Å². The van der Waals surface area contributed by atoms with Crippen molar-refractivity contribution in [3.8, 4) is 0 Å². The lowest BCUT2D eigenvalue weighted by Crippen LogP contribution is -2.21. The summed E-state index contributed by atoms with van der Waals surface area (Å²) >= 11 is 1.38. The summed E-state index contributed by atoms with van der Waals surface area (Å²) in [6.07, 6.45) is -2.63. The smallest absolute Gasteiger partial charge is 0.375 e. The molecule has 0 saturated heterocycles. The zero-order chi connectivity index (χ0) is 15.6. The predicted molar refractivity (Wildman–Crippen MR) is 85.1 cm³/mol. The Morgan fingerprint density at radius 1 is 1.36 bits per heavy atom. The second-order valence-electron chi connectivity index (χ2n) is 4.88. The van der Waals surface area contributed by atoms with E-state index in [2.05, 4.69) is 4.98 Å². The summed E-state index contributed by atoms with van der Waals surface area (Å²) < 4.78 is 38.2. The molecule has 2 aromatic rings. The summed E-state index contributed by atoms with van der Waals surface area (Å²) in [6, 6.07) is 5.28. The first-order valence-electron chi connectivity index (χ1n) is 6.35. The Bertz CT molecular complexity index is 615. The van der Waals surface area contributed by atoms with E-state index >= 15 is 0 Å². The summed E-state index contributed by atoms with van der Waals surface area (Å²) in [6.45, 7) is 2.46. The summed E-state index contributed by atoms with van der Waals surface area (Å²) in [5.41, 5.74) is 5.58. The molecule has 0 radical (unpaired) electrons. The van der Waals surface area contributed by atoms with E-state index in [9.17, 15) is 13.2 Å². The lowest BCUT2D eigenvalue weighted by molar-refractivity contribution is -0.137. The number of alkyl halides is 3. The van der Waals surface area contributed by atoms with E-state index in [1.807, 2.05) is 18.9 Å². The molecule has 0 saturated carbocycles. The summed E-state index contributed by atoms with van der Waals surface area (Å²) in [7, 11) is 1.86. The van der Waals surface area contributed by atoms with Gasteiger partial charge in [0.1, 0.15) is 0 Å². The molecule has 3 nitrogen and oxygen atoms in total. The molecule has 122 valence electrons. The zero-order valence-electron chi connectivity index (χ0n) is 12.1. The van der Waals surface area contributed by atoms with Crippen molar-refractivity contribution < 1.29 is 13.2 Å². The first-order valence-corrected chi connectivity index (χ1v) is 7.16. The number of halogens is 4. The van der Waals surface area contributed by atoms with E-state index in [4.69, 9.17) is 5.73 Å². The number of aromatic nitrogens is 1.